The summed E-state index contributed by atoms with van der Waals surface area (Å²) in [6.07, 6.45) is 7.57. The van der Waals surface area contributed by atoms with Crippen LogP contribution in [-0.2, 0) is 0 Å². The molecule has 1 amide bonds. The van der Waals surface area contributed by atoms with E-state index in [1.54, 1.807) is 0 Å². The second-order valence-corrected chi connectivity index (χ2v) is 7.45. The Morgan fingerprint density at radius 2 is 2.27 bits per heavy atom. The van der Waals surface area contributed by atoms with Crippen LogP contribution in [0.2, 0.25) is 0 Å². The van der Waals surface area contributed by atoms with Crippen LogP contribution in [0.5, 0.6) is 0 Å². The number of carbonyl (C=O) groups excluding carboxylic acids is 1. The van der Waals surface area contributed by atoms with Crippen molar-refractivity contribution in [3.05, 3.63) is 18.0 Å². The highest BCUT2D eigenvalue weighted by Crippen LogP contribution is 2.21. The van der Waals surface area contributed by atoms with Gasteiger partial charge in [-0.1, -0.05) is 27.2 Å². The number of nitrogens with zero attached hydrogens (tertiary/aromatic N) is 2. The van der Waals surface area contributed by atoms with Crippen molar-refractivity contribution in [1.82, 2.24) is 20.4 Å². The van der Waals surface area contributed by atoms with Crippen LogP contribution >= 0.6 is 0 Å². The van der Waals surface area contributed by atoms with Gasteiger partial charge in [-0.2, -0.15) is 5.10 Å². The quantitative estimate of drug-likeness (QED) is 0.795. The number of hydrogen-bond donors (Lipinski definition) is 2. The minimum Gasteiger partial charge on any atom is -0.351 e. The summed E-state index contributed by atoms with van der Waals surface area (Å²) in [5.74, 6) is -0.0572. The molecule has 1 unspecified atom stereocenters. The molecule has 0 aliphatic carbocycles. The molecule has 5 nitrogen and oxygen atoms in total. The number of piperidine rings is 1. The van der Waals surface area contributed by atoms with Crippen molar-refractivity contribution in [1.29, 1.82) is 0 Å². The molecule has 0 spiro atoms. The summed E-state index contributed by atoms with van der Waals surface area (Å²) < 4.78 is 1.93. The molecule has 2 heterocycles. The van der Waals surface area contributed by atoms with Gasteiger partial charge in [0.15, 0.2) is 0 Å². The van der Waals surface area contributed by atoms with E-state index in [4.69, 9.17) is 0 Å². The molecular weight excluding hydrogens is 276 g/mol. The fourth-order valence-electron chi connectivity index (χ4n) is 2.79. The summed E-state index contributed by atoms with van der Waals surface area (Å²) in [5, 5.41) is 10.8. The van der Waals surface area contributed by atoms with Crippen LogP contribution in [0.15, 0.2) is 12.3 Å². The van der Waals surface area contributed by atoms with Crippen molar-refractivity contribution >= 4 is 5.91 Å². The largest absolute Gasteiger partial charge is 0.351 e. The van der Waals surface area contributed by atoms with E-state index in [2.05, 4.69) is 36.5 Å². The first-order chi connectivity index (χ1) is 10.5. The summed E-state index contributed by atoms with van der Waals surface area (Å²) >= 11 is 0. The lowest BCUT2D eigenvalue weighted by molar-refractivity contribution is 0.0946. The second kappa shape index (κ2) is 7.77. The summed E-state index contributed by atoms with van der Waals surface area (Å²) in [6, 6.07) is 2.20. The maximum absolute atomic E-state index is 12.1. The van der Waals surface area contributed by atoms with Gasteiger partial charge >= 0.3 is 0 Å². The minimum absolute atomic E-state index is 0.0572. The van der Waals surface area contributed by atoms with Crippen LogP contribution in [0.1, 0.15) is 69.4 Å². The Labute approximate surface area is 133 Å². The van der Waals surface area contributed by atoms with E-state index in [0.29, 0.717) is 17.2 Å². The van der Waals surface area contributed by atoms with Gasteiger partial charge in [0.1, 0.15) is 5.69 Å². The first-order valence-electron chi connectivity index (χ1n) is 8.50. The van der Waals surface area contributed by atoms with Crippen LogP contribution < -0.4 is 10.6 Å². The normalized spacial score (nSPS) is 19.1. The molecule has 2 rings (SSSR count). The Morgan fingerprint density at radius 1 is 1.45 bits per heavy atom. The van der Waals surface area contributed by atoms with Gasteiger partial charge < -0.3 is 10.6 Å². The molecule has 1 aliphatic rings. The van der Waals surface area contributed by atoms with Gasteiger partial charge in [-0.3, -0.25) is 9.48 Å². The standard InChI is InChI=1S/C17H30N4O/c1-17(2,3)9-4-5-11-19-16(22)15-8-12-21(20-15)14-7-6-10-18-13-14/h8,12,14,18H,4-7,9-11,13H2,1-3H3,(H,19,22). The first-order valence-corrected chi connectivity index (χ1v) is 8.50. The predicted molar refractivity (Wildman–Crippen MR) is 89.0 cm³/mol. The van der Waals surface area contributed by atoms with Crippen LogP contribution in [0.3, 0.4) is 0 Å². The molecule has 1 atom stereocenters. The number of hydrogen-bond acceptors (Lipinski definition) is 3. The van der Waals surface area contributed by atoms with Crippen LogP contribution in [-0.4, -0.2) is 35.3 Å². The highest BCUT2D eigenvalue weighted by atomic mass is 16.1. The lowest BCUT2D eigenvalue weighted by Crippen LogP contribution is -2.32. The predicted octanol–water partition coefficient (Wildman–Crippen LogP) is 2.75. The smallest absolute Gasteiger partial charge is 0.271 e. The molecule has 0 radical (unpaired) electrons. The maximum atomic E-state index is 12.1. The highest BCUT2D eigenvalue weighted by Gasteiger charge is 2.17. The van der Waals surface area contributed by atoms with Gasteiger partial charge in [0, 0.05) is 19.3 Å². The van der Waals surface area contributed by atoms with Gasteiger partial charge in [0.2, 0.25) is 0 Å². The fourth-order valence-corrected chi connectivity index (χ4v) is 2.79. The lowest BCUT2D eigenvalue weighted by Gasteiger charge is -2.22. The Balaban J connectivity index is 1.72. The molecule has 5 heteroatoms. The Morgan fingerprint density at radius 3 is 2.95 bits per heavy atom. The van der Waals surface area contributed by atoms with Crippen molar-refractivity contribution in [3.8, 4) is 0 Å². The second-order valence-electron chi connectivity index (χ2n) is 7.45. The third-order valence-corrected chi connectivity index (χ3v) is 4.13. The van der Waals surface area contributed by atoms with E-state index in [-0.39, 0.29) is 5.91 Å². The molecule has 0 bridgehead atoms. The summed E-state index contributed by atoms with van der Waals surface area (Å²) in [7, 11) is 0. The summed E-state index contributed by atoms with van der Waals surface area (Å²) in [4.78, 5) is 12.1. The minimum atomic E-state index is -0.0572. The number of unbranched alkanes of at least 4 members (excludes halogenated alkanes) is 1. The van der Waals surface area contributed by atoms with Crippen LogP contribution in [0.25, 0.3) is 0 Å². The first kappa shape index (κ1) is 17.0. The number of amides is 1. The average molecular weight is 306 g/mol. The molecule has 1 aromatic rings. The zero-order valence-electron chi connectivity index (χ0n) is 14.2. The van der Waals surface area contributed by atoms with E-state index in [1.165, 1.54) is 12.8 Å². The van der Waals surface area contributed by atoms with E-state index in [1.807, 2.05) is 16.9 Å². The molecule has 22 heavy (non-hydrogen) atoms. The summed E-state index contributed by atoms with van der Waals surface area (Å²) in [6.45, 7) is 9.50. The maximum Gasteiger partial charge on any atom is 0.271 e. The van der Waals surface area contributed by atoms with Gasteiger partial charge in [-0.15, -0.1) is 0 Å². The molecule has 0 aromatic carbocycles. The van der Waals surface area contributed by atoms with E-state index < -0.39 is 0 Å². The molecule has 0 saturated carbocycles. The van der Waals surface area contributed by atoms with Gasteiger partial charge in [0.25, 0.3) is 5.91 Å². The third-order valence-electron chi connectivity index (χ3n) is 4.13. The zero-order chi connectivity index (χ0) is 16.0. The van der Waals surface area contributed by atoms with Crippen molar-refractivity contribution < 1.29 is 4.79 Å². The molecule has 1 fully saturated rings. The number of carbonyl (C=O) groups is 1. The monoisotopic (exact) mass is 306 g/mol. The Kier molecular flexibility index (Phi) is 6.00. The zero-order valence-corrected chi connectivity index (χ0v) is 14.2. The van der Waals surface area contributed by atoms with E-state index in [9.17, 15) is 4.79 Å². The van der Waals surface area contributed by atoms with Gasteiger partial charge in [-0.05, 0) is 43.7 Å². The van der Waals surface area contributed by atoms with Crippen molar-refractivity contribution in [2.24, 2.45) is 5.41 Å². The van der Waals surface area contributed by atoms with Gasteiger partial charge in [0.05, 0.1) is 6.04 Å². The fraction of sp³-hybridized carbons (Fsp3) is 0.765. The lowest BCUT2D eigenvalue weighted by atomic mass is 9.90. The van der Waals surface area contributed by atoms with Crippen LogP contribution in [0.4, 0.5) is 0 Å². The van der Waals surface area contributed by atoms with Crippen LogP contribution in [0, 0.1) is 5.41 Å². The Bertz CT molecular complexity index is 469. The molecule has 124 valence electrons. The van der Waals surface area contributed by atoms with Crippen molar-refractivity contribution in [3.63, 3.8) is 0 Å². The molecular formula is C17H30N4O. The number of nitrogens with one attached hydrogen (secondary N) is 2. The molecule has 1 aromatic heterocycles. The third kappa shape index (κ3) is 5.44. The van der Waals surface area contributed by atoms with Crippen molar-refractivity contribution in [2.45, 2.75) is 58.9 Å². The number of aromatic nitrogens is 2. The Hall–Kier alpha value is -1.36. The molecule has 1 aliphatic heterocycles. The number of rotatable bonds is 6. The van der Waals surface area contributed by atoms with Gasteiger partial charge in [-0.25, -0.2) is 0 Å². The van der Waals surface area contributed by atoms with E-state index >= 15 is 0 Å². The average Bonchev–Trinajstić information content (AvgIpc) is 2.96. The molecule has 2 N–H and O–H groups in total. The highest BCUT2D eigenvalue weighted by molar-refractivity contribution is 5.92. The van der Waals surface area contributed by atoms with Crippen molar-refractivity contribution in [2.75, 3.05) is 19.6 Å². The molecule has 1 saturated heterocycles. The summed E-state index contributed by atoms with van der Waals surface area (Å²) in [5.41, 5.74) is 0.901. The van der Waals surface area contributed by atoms with E-state index in [0.717, 1.165) is 38.9 Å². The topological polar surface area (TPSA) is 59.0 Å². The SMILES string of the molecule is CC(C)(C)CCCCNC(=O)c1ccn(C2CCCNC2)n1.